The van der Waals surface area contributed by atoms with Crippen LogP contribution in [0.25, 0.3) is 21.7 Å². The summed E-state index contributed by atoms with van der Waals surface area (Å²) in [5, 5.41) is 13.4. The first-order chi connectivity index (χ1) is 14.7. The summed E-state index contributed by atoms with van der Waals surface area (Å²) in [5.41, 5.74) is 3.10. The molecule has 0 amide bonds. The van der Waals surface area contributed by atoms with Crippen LogP contribution in [-0.4, -0.2) is 17.7 Å². The highest BCUT2D eigenvalue weighted by molar-refractivity contribution is 5.95. The molecule has 30 heavy (non-hydrogen) atoms. The van der Waals surface area contributed by atoms with Crippen molar-refractivity contribution in [1.29, 1.82) is 5.26 Å². The molecule has 148 valence electrons. The number of pyridine rings is 1. The van der Waals surface area contributed by atoms with Crippen LogP contribution in [0.2, 0.25) is 0 Å². The lowest BCUT2D eigenvalue weighted by Crippen LogP contribution is -2.35. The lowest BCUT2D eigenvalue weighted by Gasteiger charge is -2.35. The molecule has 0 saturated carbocycles. The summed E-state index contributed by atoms with van der Waals surface area (Å²) >= 11 is 0. The Hall–Kier alpha value is -3.58. The third-order valence-electron chi connectivity index (χ3n) is 6.46. The van der Waals surface area contributed by atoms with Gasteiger partial charge in [0.15, 0.2) is 0 Å². The van der Waals surface area contributed by atoms with Crippen molar-refractivity contribution in [2.45, 2.75) is 18.8 Å². The van der Waals surface area contributed by atoms with Gasteiger partial charge in [-0.05, 0) is 41.2 Å². The fraction of sp³-hybridized carbons (Fsp3) is 0.231. The topological polar surface area (TPSA) is 49.0 Å². The molecule has 1 fully saturated rings. The van der Waals surface area contributed by atoms with Gasteiger partial charge in [-0.1, -0.05) is 60.7 Å². The van der Waals surface area contributed by atoms with E-state index in [-0.39, 0.29) is 11.1 Å². The zero-order chi connectivity index (χ0) is 20.7. The van der Waals surface area contributed by atoms with Crippen LogP contribution in [0, 0.1) is 11.3 Å². The molecule has 4 aromatic rings. The molecule has 0 aliphatic carbocycles. The van der Waals surface area contributed by atoms with Gasteiger partial charge in [-0.2, -0.15) is 5.26 Å². The molecule has 1 aromatic heterocycles. The van der Waals surface area contributed by atoms with Crippen LogP contribution in [-0.2, 0) is 7.05 Å². The third-order valence-corrected chi connectivity index (χ3v) is 6.46. The first kappa shape index (κ1) is 18.4. The van der Waals surface area contributed by atoms with Gasteiger partial charge < -0.3 is 9.47 Å². The maximum Gasteiger partial charge on any atom is 0.270 e. The summed E-state index contributed by atoms with van der Waals surface area (Å²) in [6.45, 7) is 1.67. The molecular formula is C26H23N3O. The zero-order valence-corrected chi connectivity index (χ0v) is 17.0. The van der Waals surface area contributed by atoms with Gasteiger partial charge in [-0.3, -0.25) is 4.79 Å². The number of nitriles is 1. The summed E-state index contributed by atoms with van der Waals surface area (Å²) in [5.74, 6) is 0.482. The number of fused-ring (bicyclic) bond motifs is 2. The fourth-order valence-electron chi connectivity index (χ4n) is 4.93. The highest BCUT2D eigenvalue weighted by Gasteiger charge is 2.26. The normalized spacial score (nSPS) is 14.9. The molecule has 0 unspecified atom stereocenters. The number of piperidine rings is 1. The van der Waals surface area contributed by atoms with Gasteiger partial charge in [0.2, 0.25) is 0 Å². The lowest BCUT2D eigenvalue weighted by molar-refractivity contribution is 0.508. The molecule has 0 spiro atoms. The predicted molar refractivity (Wildman–Crippen MR) is 122 cm³/mol. The average molecular weight is 393 g/mol. The monoisotopic (exact) mass is 393 g/mol. The van der Waals surface area contributed by atoms with Crippen molar-refractivity contribution in [3.63, 3.8) is 0 Å². The minimum absolute atomic E-state index is 0.220. The number of aromatic nitrogens is 1. The summed E-state index contributed by atoms with van der Waals surface area (Å²) in [6, 6.07) is 25.2. The quantitative estimate of drug-likeness (QED) is 0.484. The van der Waals surface area contributed by atoms with Crippen molar-refractivity contribution in [2.24, 2.45) is 7.05 Å². The highest BCUT2D eigenvalue weighted by atomic mass is 16.1. The van der Waals surface area contributed by atoms with E-state index in [1.54, 1.807) is 11.6 Å². The number of benzene rings is 3. The van der Waals surface area contributed by atoms with Crippen LogP contribution in [0.15, 0.2) is 71.5 Å². The van der Waals surface area contributed by atoms with Gasteiger partial charge in [0.25, 0.3) is 5.56 Å². The van der Waals surface area contributed by atoms with Crippen molar-refractivity contribution < 1.29 is 0 Å². The minimum Gasteiger partial charge on any atom is -0.370 e. The van der Waals surface area contributed by atoms with Crippen LogP contribution in [0.4, 0.5) is 5.69 Å². The molecule has 1 aliphatic heterocycles. The van der Waals surface area contributed by atoms with Crippen molar-refractivity contribution in [1.82, 2.24) is 4.57 Å². The molecule has 0 atom stereocenters. The Morgan fingerprint density at radius 3 is 2.33 bits per heavy atom. The SMILES string of the molecule is Cn1c(=O)c(C#N)c(N2CCC(c3cccc4ccccc34)CC2)c2ccccc21. The molecule has 1 saturated heterocycles. The largest absolute Gasteiger partial charge is 0.370 e. The number of rotatable bonds is 2. The van der Waals surface area contributed by atoms with E-state index in [9.17, 15) is 10.1 Å². The molecule has 4 heteroatoms. The van der Waals surface area contributed by atoms with Crippen molar-refractivity contribution >= 4 is 27.4 Å². The lowest BCUT2D eigenvalue weighted by atomic mass is 9.86. The van der Waals surface area contributed by atoms with Crippen molar-refractivity contribution in [3.8, 4) is 6.07 Å². The van der Waals surface area contributed by atoms with E-state index in [1.807, 2.05) is 24.3 Å². The summed E-state index contributed by atoms with van der Waals surface area (Å²) in [6.07, 6.45) is 2.00. The molecule has 0 radical (unpaired) electrons. The van der Waals surface area contributed by atoms with Crippen LogP contribution < -0.4 is 10.5 Å². The van der Waals surface area contributed by atoms with Gasteiger partial charge in [-0.15, -0.1) is 0 Å². The smallest absolute Gasteiger partial charge is 0.270 e. The summed E-state index contributed by atoms with van der Waals surface area (Å²) in [4.78, 5) is 15.1. The van der Waals surface area contributed by atoms with E-state index in [0.29, 0.717) is 5.92 Å². The maximum absolute atomic E-state index is 12.8. The minimum atomic E-state index is -0.220. The van der Waals surface area contributed by atoms with E-state index in [1.165, 1.54) is 16.3 Å². The maximum atomic E-state index is 12.8. The van der Waals surface area contributed by atoms with E-state index in [2.05, 4.69) is 53.4 Å². The van der Waals surface area contributed by atoms with Crippen LogP contribution >= 0.6 is 0 Å². The van der Waals surface area contributed by atoms with E-state index in [0.717, 1.165) is 42.5 Å². The number of anilines is 1. The van der Waals surface area contributed by atoms with Crippen LogP contribution in [0.5, 0.6) is 0 Å². The fourth-order valence-corrected chi connectivity index (χ4v) is 4.93. The van der Waals surface area contributed by atoms with Gasteiger partial charge >= 0.3 is 0 Å². The third kappa shape index (κ3) is 2.86. The van der Waals surface area contributed by atoms with Gasteiger partial charge in [0.1, 0.15) is 11.6 Å². The number of nitrogens with zero attached hydrogens (tertiary/aromatic N) is 3. The number of hydrogen-bond donors (Lipinski definition) is 0. The van der Waals surface area contributed by atoms with Crippen molar-refractivity contribution in [2.75, 3.05) is 18.0 Å². The molecular weight excluding hydrogens is 370 g/mol. The Kier molecular flexibility index (Phi) is 4.52. The molecule has 2 heterocycles. The Balaban J connectivity index is 1.52. The second-order valence-corrected chi connectivity index (χ2v) is 8.05. The Labute approximate surface area is 175 Å². The van der Waals surface area contributed by atoms with Gasteiger partial charge in [-0.25, -0.2) is 0 Å². The molecule has 1 aliphatic rings. The second-order valence-electron chi connectivity index (χ2n) is 8.05. The molecule has 0 bridgehead atoms. The zero-order valence-electron chi connectivity index (χ0n) is 17.0. The van der Waals surface area contributed by atoms with E-state index < -0.39 is 0 Å². The Morgan fingerprint density at radius 2 is 1.57 bits per heavy atom. The summed E-state index contributed by atoms with van der Waals surface area (Å²) < 4.78 is 1.58. The van der Waals surface area contributed by atoms with Crippen molar-refractivity contribution in [3.05, 3.63) is 88.2 Å². The Bertz CT molecular complexity index is 1350. The molecule has 4 nitrogen and oxygen atoms in total. The first-order valence-electron chi connectivity index (χ1n) is 10.4. The average Bonchev–Trinajstić information content (AvgIpc) is 2.81. The predicted octanol–water partition coefficient (Wildman–Crippen LogP) is 4.95. The van der Waals surface area contributed by atoms with E-state index in [4.69, 9.17) is 0 Å². The second kappa shape index (κ2) is 7.35. The highest BCUT2D eigenvalue weighted by Crippen LogP contribution is 2.37. The number of hydrogen-bond acceptors (Lipinski definition) is 3. The Morgan fingerprint density at radius 1 is 0.900 bits per heavy atom. The first-order valence-corrected chi connectivity index (χ1v) is 10.4. The van der Waals surface area contributed by atoms with Crippen LogP contribution in [0.1, 0.15) is 29.9 Å². The molecule has 3 aromatic carbocycles. The number of aryl methyl sites for hydroxylation is 1. The van der Waals surface area contributed by atoms with Gasteiger partial charge in [0, 0.05) is 25.5 Å². The standard InChI is InChI=1S/C26H23N3O/c1-28-24-12-5-4-10-22(24)25(23(17-27)26(28)30)29-15-13-19(14-16-29)21-11-6-8-18-7-2-3-9-20(18)21/h2-12,19H,13-16H2,1H3. The van der Waals surface area contributed by atoms with Gasteiger partial charge in [0.05, 0.1) is 11.2 Å². The molecule has 0 N–H and O–H groups in total. The molecule has 5 rings (SSSR count). The summed E-state index contributed by atoms with van der Waals surface area (Å²) in [7, 11) is 1.74. The van der Waals surface area contributed by atoms with E-state index >= 15 is 0 Å². The number of para-hydroxylation sites is 1. The van der Waals surface area contributed by atoms with Crippen LogP contribution in [0.3, 0.4) is 0 Å².